The topological polar surface area (TPSA) is 63.5 Å². The Kier molecular flexibility index (Phi) is 9.88. The van der Waals surface area contributed by atoms with E-state index in [0.29, 0.717) is 5.39 Å². The van der Waals surface area contributed by atoms with E-state index in [1.54, 1.807) is 36.4 Å². The number of hydrogen-bond donors (Lipinski definition) is 0. The molecule has 0 aromatic heterocycles. The highest BCUT2D eigenvalue weighted by molar-refractivity contribution is 7.86. The van der Waals surface area contributed by atoms with E-state index in [9.17, 15) is 13.0 Å². The number of nitrogens with zero attached hydrogens (tertiary/aromatic N) is 2. The van der Waals surface area contributed by atoms with Gasteiger partial charge in [-0.3, -0.25) is 0 Å². The molecule has 3 aliphatic rings. The molecule has 0 atom stereocenters. The lowest BCUT2D eigenvalue weighted by atomic mass is 9.79. The summed E-state index contributed by atoms with van der Waals surface area (Å²) in [4.78, 5) is 2.20. The van der Waals surface area contributed by atoms with E-state index in [0.717, 1.165) is 29.7 Å². The Labute approximate surface area is 341 Å². The second-order valence-electron chi connectivity index (χ2n) is 16.3. The Hall–Kier alpha value is -5.27. The molecule has 0 saturated heterocycles. The van der Waals surface area contributed by atoms with Crippen LogP contribution in [0.4, 0.5) is 11.4 Å². The standard InChI is InChI=1S/C40H40ClN2.C10H8O3S/c1-39(2)34(42(5)32-22-18-26-12-7-9-16-30(26)36(32)39)24-20-28-14-11-15-29(38(28)41)21-25-35-40(3,4)37-31-17-10-8-13-27(31)19-23-33(37)43(35)6;11-14(12,13)10-7-3-5-8-4-1-2-6-9(8)10/h7-10,12-13,16-25H,11,14-15H2,1-6H3;1-7H,(H,11,12,13)/q+1;/p-1. The van der Waals surface area contributed by atoms with Gasteiger partial charge in [-0.25, -0.2) is 8.42 Å². The highest BCUT2D eigenvalue weighted by Gasteiger charge is 2.44. The van der Waals surface area contributed by atoms with Crippen molar-refractivity contribution in [2.75, 3.05) is 19.0 Å². The Morgan fingerprint density at radius 1 is 0.684 bits per heavy atom. The summed E-state index contributed by atoms with van der Waals surface area (Å²) in [5.74, 6) is 0. The van der Waals surface area contributed by atoms with Crippen LogP contribution < -0.4 is 4.90 Å². The van der Waals surface area contributed by atoms with Crippen LogP contribution in [0.5, 0.6) is 0 Å². The van der Waals surface area contributed by atoms with Crippen LogP contribution in [0.2, 0.25) is 0 Å². The lowest BCUT2D eigenvalue weighted by Gasteiger charge is -2.25. The summed E-state index contributed by atoms with van der Waals surface area (Å²) in [6.45, 7) is 9.38. The zero-order valence-corrected chi connectivity index (χ0v) is 34.9. The first-order chi connectivity index (χ1) is 27.2. The maximum Gasteiger partial charge on any atom is 0.210 e. The van der Waals surface area contributed by atoms with Gasteiger partial charge >= 0.3 is 0 Å². The molecule has 9 rings (SSSR count). The maximum atomic E-state index is 10.9. The van der Waals surface area contributed by atoms with E-state index in [1.165, 1.54) is 72.7 Å². The van der Waals surface area contributed by atoms with Crippen LogP contribution in [0.1, 0.15) is 58.1 Å². The van der Waals surface area contributed by atoms with Crippen LogP contribution in [-0.4, -0.2) is 37.4 Å². The van der Waals surface area contributed by atoms with Crippen molar-refractivity contribution in [3.05, 3.63) is 173 Å². The zero-order valence-electron chi connectivity index (χ0n) is 33.3. The van der Waals surface area contributed by atoms with Gasteiger partial charge in [-0.05, 0) is 106 Å². The van der Waals surface area contributed by atoms with E-state index in [2.05, 4.69) is 148 Å². The molecular weight excluding hydrogens is 744 g/mol. The smallest absolute Gasteiger partial charge is 0.210 e. The average molecular weight is 791 g/mol. The second-order valence-corrected chi connectivity index (χ2v) is 18.0. The van der Waals surface area contributed by atoms with Gasteiger partial charge in [0.25, 0.3) is 0 Å². The molecule has 0 saturated carbocycles. The van der Waals surface area contributed by atoms with Crippen molar-refractivity contribution in [2.45, 2.75) is 62.7 Å². The van der Waals surface area contributed by atoms with Crippen molar-refractivity contribution < 1.29 is 17.5 Å². The number of likely N-dealkylation sites (N-methyl/N-ethyl adjacent to an activating group) is 1. The van der Waals surface area contributed by atoms with Crippen molar-refractivity contribution in [3.8, 4) is 0 Å². The minimum Gasteiger partial charge on any atom is -0.744 e. The number of benzene rings is 6. The van der Waals surface area contributed by atoms with Gasteiger partial charge in [-0.15, -0.1) is 0 Å². The van der Waals surface area contributed by atoms with E-state index >= 15 is 0 Å². The van der Waals surface area contributed by atoms with Crippen LogP contribution in [0.3, 0.4) is 0 Å². The SMILES string of the molecule is CN1C(=CC=C2CCCC(C=CC3=[N+](C)c4ccc5ccccc5c4C3(C)C)=C2Cl)C(C)(C)c2c1ccc1ccccc21.O=S(=O)([O-])c1cccc2ccccc12. The van der Waals surface area contributed by atoms with Crippen LogP contribution in [0.25, 0.3) is 32.3 Å². The van der Waals surface area contributed by atoms with Gasteiger partial charge in [0.1, 0.15) is 17.2 Å². The minimum atomic E-state index is -4.38. The van der Waals surface area contributed by atoms with E-state index in [-0.39, 0.29) is 15.7 Å². The van der Waals surface area contributed by atoms with Crippen molar-refractivity contribution in [2.24, 2.45) is 0 Å². The van der Waals surface area contributed by atoms with Gasteiger partial charge < -0.3 is 9.45 Å². The summed E-state index contributed by atoms with van der Waals surface area (Å²) < 4.78 is 35.0. The van der Waals surface area contributed by atoms with Crippen molar-refractivity contribution >= 4 is 71.1 Å². The average Bonchev–Trinajstić information content (AvgIpc) is 3.52. The molecule has 0 fully saturated rings. The molecule has 57 heavy (non-hydrogen) atoms. The van der Waals surface area contributed by atoms with Gasteiger partial charge in [0.05, 0.1) is 10.3 Å². The Balaban J connectivity index is 0.000000274. The number of halogens is 1. The second kappa shape index (κ2) is 14.6. The Morgan fingerprint density at radius 3 is 1.93 bits per heavy atom. The third kappa shape index (κ3) is 6.74. The van der Waals surface area contributed by atoms with Gasteiger partial charge in [0, 0.05) is 46.6 Å². The first-order valence-corrected chi connectivity index (χ1v) is 21.3. The normalized spacial score (nSPS) is 18.9. The fourth-order valence-electron chi connectivity index (χ4n) is 9.37. The third-order valence-corrected chi connectivity index (χ3v) is 13.5. The van der Waals surface area contributed by atoms with Crippen LogP contribution in [0, 0.1) is 0 Å². The highest BCUT2D eigenvalue weighted by Crippen LogP contribution is 2.50. The third-order valence-electron chi connectivity index (χ3n) is 12.2. The molecule has 5 nitrogen and oxygen atoms in total. The molecule has 0 amide bonds. The first-order valence-electron chi connectivity index (χ1n) is 19.5. The van der Waals surface area contributed by atoms with Gasteiger partial charge in [0.15, 0.2) is 5.71 Å². The number of anilines is 1. The van der Waals surface area contributed by atoms with E-state index in [1.807, 2.05) is 0 Å². The molecular formula is C50H47ClN2O3S. The monoisotopic (exact) mass is 790 g/mol. The molecule has 0 bridgehead atoms. The molecule has 0 spiro atoms. The maximum absolute atomic E-state index is 10.9. The number of allylic oxidation sites excluding steroid dienone is 8. The van der Waals surface area contributed by atoms with Crippen LogP contribution >= 0.6 is 11.6 Å². The van der Waals surface area contributed by atoms with Crippen molar-refractivity contribution in [3.63, 3.8) is 0 Å². The minimum absolute atomic E-state index is 0.107. The quantitative estimate of drug-likeness (QED) is 0.132. The molecule has 0 unspecified atom stereocenters. The predicted molar refractivity (Wildman–Crippen MR) is 237 cm³/mol. The highest BCUT2D eigenvalue weighted by atomic mass is 35.5. The summed E-state index contributed by atoms with van der Waals surface area (Å²) in [6, 6.07) is 38.0. The Bertz CT molecular complexity index is 2890. The number of hydrogen-bond acceptors (Lipinski definition) is 4. The fraction of sp³-hybridized carbons (Fsp3) is 0.220. The molecule has 0 N–H and O–H groups in total. The van der Waals surface area contributed by atoms with Crippen LogP contribution in [-0.2, 0) is 20.9 Å². The molecule has 6 aromatic rings. The molecule has 7 heteroatoms. The van der Waals surface area contributed by atoms with E-state index < -0.39 is 10.1 Å². The van der Waals surface area contributed by atoms with Crippen LogP contribution in [0.15, 0.2) is 166 Å². The molecule has 288 valence electrons. The molecule has 1 aliphatic carbocycles. The molecule has 0 radical (unpaired) electrons. The Morgan fingerprint density at radius 2 is 1.26 bits per heavy atom. The van der Waals surface area contributed by atoms with Crippen molar-refractivity contribution in [1.29, 1.82) is 0 Å². The largest absolute Gasteiger partial charge is 0.744 e. The molecule has 2 heterocycles. The predicted octanol–water partition coefficient (Wildman–Crippen LogP) is 12.2. The number of fused-ring (bicyclic) bond motifs is 7. The van der Waals surface area contributed by atoms with Gasteiger partial charge in [-0.1, -0.05) is 129 Å². The summed E-state index contributed by atoms with van der Waals surface area (Å²) in [5.41, 5.74) is 10.2. The summed E-state index contributed by atoms with van der Waals surface area (Å²) >= 11 is 7.16. The molecule has 2 aliphatic heterocycles. The zero-order chi connectivity index (χ0) is 40.3. The number of rotatable bonds is 4. The van der Waals surface area contributed by atoms with E-state index in [4.69, 9.17) is 11.6 Å². The summed E-state index contributed by atoms with van der Waals surface area (Å²) in [6.07, 6.45) is 12.3. The van der Waals surface area contributed by atoms with Gasteiger partial charge in [-0.2, -0.15) is 4.58 Å². The summed E-state index contributed by atoms with van der Waals surface area (Å²) in [7, 11) is 0.00446. The van der Waals surface area contributed by atoms with Crippen molar-refractivity contribution in [1.82, 2.24) is 0 Å². The van der Waals surface area contributed by atoms with Gasteiger partial charge in [0.2, 0.25) is 5.69 Å². The molecule has 6 aromatic carbocycles. The first kappa shape index (κ1) is 38.6. The fourth-order valence-corrected chi connectivity index (χ4v) is 10.4. The summed E-state index contributed by atoms with van der Waals surface area (Å²) in [5, 5.41) is 7.40. The lowest BCUT2D eigenvalue weighted by molar-refractivity contribution is -0.401. The lowest BCUT2D eigenvalue weighted by Crippen LogP contribution is -2.27.